The summed E-state index contributed by atoms with van der Waals surface area (Å²) in [6.45, 7) is 0. The highest BCUT2D eigenvalue weighted by Gasteiger charge is 2.35. The number of fused-ring (bicyclic) bond motifs is 5. The molecule has 1 atom stereocenters. The quantitative estimate of drug-likeness (QED) is 0.426. The maximum Gasteiger partial charge on any atom is 0.331 e. The summed E-state index contributed by atoms with van der Waals surface area (Å²) in [6.07, 6.45) is 0. The molecular weight excluding hydrogens is 439 g/mol. The van der Waals surface area contributed by atoms with Gasteiger partial charge in [-0.15, -0.1) is 11.3 Å². The SMILES string of the molecule is Cn1c(=O)c2c(-c3ccccc3F)n3c(c2n(C)c1=O)C(c1cccs1)Nc1ccccc1-3. The van der Waals surface area contributed by atoms with Gasteiger partial charge in [-0.25, -0.2) is 9.18 Å². The molecule has 0 saturated heterocycles. The molecular formula is C25H19FN4O2S. The molecule has 1 aliphatic heterocycles. The van der Waals surface area contributed by atoms with Gasteiger partial charge in [-0.05, 0) is 35.7 Å². The lowest BCUT2D eigenvalue weighted by Crippen LogP contribution is -2.37. The zero-order valence-electron chi connectivity index (χ0n) is 17.9. The van der Waals surface area contributed by atoms with Crippen LogP contribution in [0.2, 0.25) is 0 Å². The number of nitrogens with one attached hydrogen (secondary N) is 1. The predicted molar refractivity (Wildman–Crippen MR) is 129 cm³/mol. The van der Waals surface area contributed by atoms with E-state index < -0.39 is 17.1 Å². The maximum atomic E-state index is 15.2. The van der Waals surface area contributed by atoms with Crippen molar-refractivity contribution in [2.24, 2.45) is 14.1 Å². The van der Waals surface area contributed by atoms with Crippen molar-refractivity contribution in [1.29, 1.82) is 0 Å². The van der Waals surface area contributed by atoms with Crippen LogP contribution in [0.25, 0.3) is 27.8 Å². The van der Waals surface area contributed by atoms with E-state index in [1.807, 2.05) is 46.3 Å². The molecule has 0 bridgehead atoms. The number of benzene rings is 2. The second-order valence-electron chi connectivity index (χ2n) is 8.09. The highest BCUT2D eigenvalue weighted by atomic mass is 32.1. The number of aryl methyl sites for hydroxylation is 1. The zero-order valence-corrected chi connectivity index (χ0v) is 18.7. The average molecular weight is 459 g/mol. The van der Waals surface area contributed by atoms with Crippen LogP contribution < -0.4 is 16.6 Å². The fourth-order valence-corrected chi connectivity index (χ4v) is 5.57. The first-order valence-electron chi connectivity index (χ1n) is 10.5. The molecule has 5 aromatic rings. The van der Waals surface area contributed by atoms with Gasteiger partial charge in [-0.2, -0.15) is 0 Å². The number of rotatable bonds is 2. The molecule has 6 rings (SSSR count). The van der Waals surface area contributed by atoms with Gasteiger partial charge in [0, 0.05) is 24.5 Å². The molecule has 1 unspecified atom stereocenters. The summed E-state index contributed by atoms with van der Waals surface area (Å²) in [4.78, 5) is 27.5. The first kappa shape index (κ1) is 19.8. The van der Waals surface area contributed by atoms with Crippen LogP contribution in [-0.2, 0) is 14.1 Å². The minimum absolute atomic E-state index is 0.311. The highest BCUT2D eigenvalue weighted by molar-refractivity contribution is 7.10. The number of nitrogens with zero attached hydrogens (tertiary/aromatic N) is 3. The van der Waals surface area contributed by atoms with Crippen molar-refractivity contribution in [2.75, 3.05) is 5.32 Å². The predicted octanol–water partition coefficient (Wildman–Crippen LogP) is 4.41. The van der Waals surface area contributed by atoms with Crippen LogP contribution in [0.3, 0.4) is 0 Å². The van der Waals surface area contributed by atoms with E-state index in [9.17, 15) is 9.59 Å². The molecule has 0 aliphatic carbocycles. The Bertz CT molecular complexity index is 1680. The summed E-state index contributed by atoms with van der Waals surface area (Å²) in [7, 11) is 3.11. The van der Waals surface area contributed by atoms with Gasteiger partial charge in [0.2, 0.25) is 0 Å². The standard InChI is InChI=1S/C25H19FN4O2S/c1-28-22-19(24(31)29(2)25(28)32)21(14-8-3-4-9-15(14)26)30-17-11-6-5-10-16(17)27-20(23(22)30)18-12-7-13-33-18/h3-13,20,27H,1-2H3. The Labute approximate surface area is 191 Å². The van der Waals surface area contributed by atoms with Crippen molar-refractivity contribution in [1.82, 2.24) is 13.7 Å². The number of anilines is 1. The monoisotopic (exact) mass is 458 g/mol. The molecule has 6 nitrogen and oxygen atoms in total. The van der Waals surface area contributed by atoms with Gasteiger partial charge in [0.15, 0.2) is 0 Å². The molecule has 0 amide bonds. The van der Waals surface area contributed by atoms with E-state index >= 15 is 4.39 Å². The molecule has 0 fully saturated rings. The van der Waals surface area contributed by atoms with Crippen LogP contribution in [0.15, 0.2) is 75.6 Å². The second-order valence-corrected chi connectivity index (χ2v) is 9.07. The second kappa shape index (κ2) is 7.05. The van der Waals surface area contributed by atoms with Crippen LogP contribution >= 0.6 is 11.3 Å². The summed E-state index contributed by atoms with van der Waals surface area (Å²) in [6, 6.07) is 17.8. The lowest BCUT2D eigenvalue weighted by molar-refractivity contribution is 0.630. The van der Waals surface area contributed by atoms with Gasteiger partial charge in [0.1, 0.15) is 11.9 Å². The van der Waals surface area contributed by atoms with E-state index in [0.717, 1.165) is 26.5 Å². The highest BCUT2D eigenvalue weighted by Crippen LogP contribution is 2.46. The normalized spacial score (nSPS) is 14.7. The van der Waals surface area contributed by atoms with Gasteiger partial charge in [0.25, 0.3) is 5.56 Å². The van der Waals surface area contributed by atoms with E-state index in [1.165, 1.54) is 17.7 Å². The molecule has 3 aromatic heterocycles. The Morgan fingerprint density at radius 1 is 0.939 bits per heavy atom. The minimum Gasteiger partial charge on any atom is -0.370 e. The van der Waals surface area contributed by atoms with Crippen molar-refractivity contribution in [2.45, 2.75) is 6.04 Å². The van der Waals surface area contributed by atoms with Crippen LogP contribution in [0.4, 0.5) is 10.1 Å². The fraction of sp³-hybridized carbons (Fsp3) is 0.120. The molecule has 2 aromatic carbocycles. The Hall–Kier alpha value is -3.91. The van der Waals surface area contributed by atoms with Crippen molar-refractivity contribution in [3.05, 3.63) is 103 Å². The van der Waals surface area contributed by atoms with Gasteiger partial charge < -0.3 is 9.88 Å². The van der Waals surface area contributed by atoms with Crippen LogP contribution in [0.5, 0.6) is 0 Å². The molecule has 1 N–H and O–H groups in total. The van der Waals surface area contributed by atoms with Crippen molar-refractivity contribution < 1.29 is 4.39 Å². The Morgan fingerprint density at radius 2 is 1.70 bits per heavy atom. The lowest BCUT2D eigenvalue weighted by Gasteiger charge is -2.30. The average Bonchev–Trinajstić information content (AvgIpc) is 3.48. The smallest absolute Gasteiger partial charge is 0.331 e. The number of aromatic nitrogens is 3. The van der Waals surface area contributed by atoms with Gasteiger partial charge >= 0.3 is 5.69 Å². The number of para-hydroxylation sites is 2. The topological polar surface area (TPSA) is 61.0 Å². The maximum absolute atomic E-state index is 15.2. The lowest BCUT2D eigenvalue weighted by atomic mass is 10.1. The van der Waals surface area contributed by atoms with Crippen molar-refractivity contribution in [3.8, 4) is 16.9 Å². The molecule has 0 saturated carbocycles. The Morgan fingerprint density at radius 3 is 2.45 bits per heavy atom. The van der Waals surface area contributed by atoms with Gasteiger partial charge in [-0.1, -0.05) is 30.3 Å². The molecule has 4 heterocycles. The number of hydrogen-bond acceptors (Lipinski definition) is 4. The van der Waals surface area contributed by atoms with Crippen LogP contribution in [0, 0.1) is 5.82 Å². The van der Waals surface area contributed by atoms with Crippen molar-refractivity contribution in [3.63, 3.8) is 0 Å². The number of halogens is 1. The summed E-state index contributed by atoms with van der Waals surface area (Å²) in [5, 5.41) is 5.89. The molecule has 0 spiro atoms. The molecule has 8 heteroatoms. The third-order valence-electron chi connectivity index (χ3n) is 6.28. The summed E-state index contributed by atoms with van der Waals surface area (Å²) < 4.78 is 19.7. The first-order chi connectivity index (χ1) is 16.0. The van der Waals surface area contributed by atoms with E-state index in [1.54, 1.807) is 36.6 Å². The first-order valence-corrected chi connectivity index (χ1v) is 11.4. The van der Waals surface area contributed by atoms with Gasteiger partial charge in [0.05, 0.1) is 33.7 Å². The van der Waals surface area contributed by atoms with E-state index in [2.05, 4.69) is 5.32 Å². The number of hydrogen-bond donors (Lipinski definition) is 1. The fourth-order valence-electron chi connectivity index (χ4n) is 4.80. The van der Waals surface area contributed by atoms with E-state index in [4.69, 9.17) is 0 Å². The Balaban J connectivity index is 1.91. The van der Waals surface area contributed by atoms with E-state index in [-0.39, 0.29) is 6.04 Å². The summed E-state index contributed by atoms with van der Waals surface area (Å²) in [5.74, 6) is -0.431. The zero-order chi connectivity index (χ0) is 22.9. The number of thiophene rings is 1. The molecule has 1 aliphatic rings. The molecule has 0 radical (unpaired) electrons. The molecule has 33 heavy (non-hydrogen) atoms. The largest absolute Gasteiger partial charge is 0.370 e. The summed E-state index contributed by atoms with van der Waals surface area (Å²) in [5.41, 5.74) is 2.78. The summed E-state index contributed by atoms with van der Waals surface area (Å²) >= 11 is 1.58. The third kappa shape index (κ3) is 2.64. The van der Waals surface area contributed by atoms with Crippen LogP contribution in [-0.4, -0.2) is 13.7 Å². The van der Waals surface area contributed by atoms with Crippen LogP contribution in [0.1, 0.15) is 16.6 Å². The van der Waals surface area contributed by atoms with Gasteiger partial charge in [-0.3, -0.25) is 13.9 Å². The van der Waals surface area contributed by atoms with E-state index in [0.29, 0.717) is 22.2 Å². The third-order valence-corrected chi connectivity index (χ3v) is 7.22. The minimum atomic E-state index is -0.448. The molecule has 164 valence electrons. The van der Waals surface area contributed by atoms with Crippen molar-refractivity contribution >= 4 is 27.9 Å². The Kier molecular flexibility index (Phi) is 4.22.